The standard InChI is InChI=1S/C19H17F3N4O8/c1-3-31-17(27)12-9-11(33-24-12)5-4-6-32-15-13(26(28)29)7-10(8-14(15)30-2)16-23-18(34-25-16)19(20,21)22/h7-9H,3-6H2,1-2H3. The molecule has 0 aliphatic carbocycles. The van der Waals surface area contributed by atoms with Crippen LogP contribution in [-0.2, 0) is 17.3 Å². The van der Waals surface area contributed by atoms with Crippen molar-refractivity contribution in [2.75, 3.05) is 20.3 Å². The minimum Gasteiger partial charge on any atom is -0.493 e. The number of ether oxygens (including phenoxy) is 3. The first-order valence-electron chi connectivity index (χ1n) is 9.67. The van der Waals surface area contributed by atoms with E-state index in [1.54, 1.807) is 6.92 Å². The molecule has 0 bridgehead atoms. The molecule has 0 saturated heterocycles. The molecule has 0 amide bonds. The van der Waals surface area contributed by atoms with E-state index in [4.69, 9.17) is 18.7 Å². The number of benzene rings is 1. The summed E-state index contributed by atoms with van der Waals surface area (Å²) in [7, 11) is 1.21. The SMILES string of the molecule is CCOC(=O)c1cc(CCCOc2c(OC)cc(-c3noc(C(F)(F)F)n3)cc2[N+](=O)[O-])on1. The van der Waals surface area contributed by atoms with Gasteiger partial charge in [-0.25, -0.2) is 4.79 Å². The molecule has 0 unspecified atom stereocenters. The first-order chi connectivity index (χ1) is 16.1. The molecule has 0 saturated carbocycles. The lowest BCUT2D eigenvalue weighted by Crippen LogP contribution is -2.05. The van der Waals surface area contributed by atoms with Gasteiger partial charge in [-0.3, -0.25) is 10.1 Å². The Balaban J connectivity index is 1.73. The topological polar surface area (TPSA) is 153 Å². The summed E-state index contributed by atoms with van der Waals surface area (Å²) in [4.78, 5) is 25.6. The van der Waals surface area contributed by atoms with Crippen molar-refractivity contribution in [1.29, 1.82) is 0 Å². The van der Waals surface area contributed by atoms with E-state index in [-0.39, 0.29) is 36.0 Å². The molecular formula is C19H17F3N4O8. The number of aryl methyl sites for hydroxylation is 1. The summed E-state index contributed by atoms with van der Waals surface area (Å²) >= 11 is 0. The van der Waals surface area contributed by atoms with E-state index < -0.39 is 34.5 Å². The predicted octanol–water partition coefficient (Wildman–Crippen LogP) is 3.85. The molecule has 0 radical (unpaired) electrons. The number of nitrogens with zero attached hydrogens (tertiary/aromatic N) is 4. The molecule has 0 atom stereocenters. The summed E-state index contributed by atoms with van der Waals surface area (Å²) < 4.78 is 62.8. The highest BCUT2D eigenvalue weighted by molar-refractivity contribution is 5.87. The summed E-state index contributed by atoms with van der Waals surface area (Å²) in [6.45, 7) is 1.81. The van der Waals surface area contributed by atoms with Gasteiger partial charge in [-0.2, -0.15) is 18.2 Å². The van der Waals surface area contributed by atoms with Crippen molar-refractivity contribution in [3.05, 3.63) is 45.7 Å². The number of alkyl halides is 3. The lowest BCUT2D eigenvalue weighted by Gasteiger charge is -2.11. The lowest BCUT2D eigenvalue weighted by molar-refractivity contribution is -0.385. The second-order valence-electron chi connectivity index (χ2n) is 6.56. The molecule has 3 aromatic rings. The number of hydrogen-bond acceptors (Lipinski definition) is 11. The molecule has 2 aromatic heterocycles. The van der Waals surface area contributed by atoms with Gasteiger partial charge in [0.05, 0.1) is 25.2 Å². The third-order valence-electron chi connectivity index (χ3n) is 4.24. The van der Waals surface area contributed by atoms with E-state index in [1.807, 2.05) is 0 Å². The molecule has 12 nitrogen and oxygen atoms in total. The van der Waals surface area contributed by atoms with Gasteiger partial charge in [0.25, 0.3) is 0 Å². The summed E-state index contributed by atoms with van der Waals surface area (Å²) in [5.41, 5.74) is -0.693. The van der Waals surface area contributed by atoms with Crippen LogP contribution in [0.5, 0.6) is 11.5 Å². The second kappa shape index (κ2) is 10.2. The van der Waals surface area contributed by atoms with Gasteiger partial charge in [0.2, 0.25) is 11.6 Å². The van der Waals surface area contributed by atoms with Crippen LogP contribution in [0.15, 0.2) is 27.2 Å². The Bertz CT molecular complexity index is 1170. The number of methoxy groups -OCH3 is 1. The van der Waals surface area contributed by atoms with Crippen LogP contribution in [0.1, 0.15) is 35.5 Å². The van der Waals surface area contributed by atoms with Gasteiger partial charge in [-0.1, -0.05) is 10.3 Å². The van der Waals surface area contributed by atoms with Crippen LogP contribution in [-0.4, -0.2) is 46.5 Å². The number of nitro groups is 1. The minimum absolute atomic E-state index is 0.0146. The Hall–Kier alpha value is -4.17. The van der Waals surface area contributed by atoms with E-state index in [1.165, 1.54) is 19.2 Å². The molecule has 0 aliphatic heterocycles. The monoisotopic (exact) mass is 486 g/mol. The van der Waals surface area contributed by atoms with Crippen LogP contribution in [0.3, 0.4) is 0 Å². The molecule has 182 valence electrons. The molecule has 0 aliphatic rings. The number of carbonyl (C=O) groups excluding carboxylic acids is 1. The highest BCUT2D eigenvalue weighted by atomic mass is 19.4. The molecule has 1 aromatic carbocycles. The summed E-state index contributed by atoms with van der Waals surface area (Å²) in [6.07, 6.45) is -4.26. The third kappa shape index (κ3) is 5.60. The van der Waals surface area contributed by atoms with Gasteiger partial charge in [-0.15, -0.1) is 0 Å². The lowest BCUT2D eigenvalue weighted by atomic mass is 10.1. The minimum atomic E-state index is -4.87. The predicted molar refractivity (Wildman–Crippen MR) is 104 cm³/mol. The maximum Gasteiger partial charge on any atom is 0.471 e. The number of aromatic nitrogens is 3. The Kier molecular flexibility index (Phi) is 7.33. The first kappa shape index (κ1) is 24.5. The van der Waals surface area contributed by atoms with Crippen LogP contribution in [0.4, 0.5) is 18.9 Å². The summed E-state index contributed by atoms with van der Waals surface area (Å²) in [6, 6.07) is 3.55. The van der Waals surface area contributed by atoms with E-state index >= 15 is 0 Å². The summed E-state index contributed by atoms with van der Waals surface area (Å²) in [5.74, 6) is -2.71. The van der Waals surface area contributed by atoms with Crippen LogP contribution in [0.2, 0.25) is 0 Å². The number of nitro benzene ring substituents is 1. The fourth-order valence-electron chi connectivity index (χ4n) is 2.76. The van der Waals surface area contributed by atoms with E-state index in [2.05, 4.69) is 19.8 Å². The van der Waals surface area contributed by atoms with Crippen LogP contribution >= 0.6 is 0 Å². The Morgan fingerprint density at radius 3 is 2.59 bits per heavy atom. The van der Waals surface area contributed by atoms with Gasteiger partial charge < -0.3 is 23.3 Å². The van der Waals surface area contributed by atoms with Crippen LogP contribution < -0.4 is 9.47 Å². The third-order valence-corrected chi connectivity index (χ3v) is 4.24. The molecule has 2 heterocycles. The van der Waals surface area contributed by atoms with Crippen molar-refractivity contribution >= 4 is 11.7 Å². The summed E-state index contributed by atoms with van der Waals surface area (Å²) in [5, 5.41) is 18.4. The number of hydrogen-bond donors (Lipinski definition) is 0. The largest absolute Gasteiger partial charge is 0.493 e. The molecule has 0 N–H and O–H groups in total. The second-order valence-corrected chi connectivity index (χ2v) is 6.56. The zero-order valence-electron chi connectivity index (χ0n) is 17.7. The number of halogens is 3. The van der Waals surface area contributed by atoms with Gasteiger partial charge in [-0.05, 0) is 19.4 Å². The molecule has 0 spiro atoms. The first-order valence-corrected chi connectivity index (χ1v) is 9.67. The molecule has 3 rings (SSSR count). The van der Waals surface area contributed by atoms with E-state index in [0.717, 1.165) is 6.07 Å². The Labute approximate surface area is 188 Å². The van der Waals surface area contributed by atoms with Crippen molar-refractivity contribution in [3.63, 3.8) is 0 Å². The highest BCUT2D eigenvalue weighted by Crippen LogP contribution is 2.41. The van der Waals surface area contributed by atoms with Gasteiger partial charge in [0, 0.05) is 24.1 Å². The maximum atomic E-state index is 12.7. The normalized spacial score (nSPS) is 11.3. The molecule has 15 heteroatoms. The van der Waals surface area contributed by atoms with E-state index in [9.17, 15) is 28.1 Å². The zero-order valence-corrected chi connectivity index (χ0v) is 17.7. The number of esters is 1. The smallest absolute Gasteiger partial charge is 0.471 e. The highest BCUT2D eigenvalue weighted by Gasteiger charge is 2.39. The number of carbonyl (C=O) groups is 1. The van der Waals surface area contributed by atoms with Crippen molar-refractivity contribution in [1.82, 2.24) is 15.3 Å². The zero-order chi connectivity index (χ0) is 24.9. The Morgan fingerprint density at radius 2 is 1.97 bits per heavy atom. The van der Waals surface area contributed by atoms with E-state index in [0.29, 0.717) is 18.6 Å². The van der Waals surface area contributed by atoms with Crippen molar-refractivity contribution in [2.24, 2.45) is 0 Å². The maximum absolute atomic E-state index is 12.7. The van der Waals surface area contributed by atoms with Gasteiger partial charge in [0.1, 0.15) is 5.76 Å². The fraction of sp³-hybridized carbons (Fsp3) is 0.368. The van der Waals surface area contributed by atoms with Gasteiger partial charge >= 0.3 is 23.7 Å². The van der Waals surface area contributed by atoms with Crippen molar-refractivity contribution in [2.45, 2.75) is 25.9 Å². The van der Waals surface area contributed by atoms with Crippen molar-refractivity contribution in [3.8, 4) is 22.9 Å². The molecular weight excluding hydrogens is 469 g/mol. The molecule has 0 fully saturated rings. The molecule has 34 heavy (non-hydrogen) atoms. The average molecular weight is 486 g/mol. The van der Waals surface area contributed by atoms with Crippen LogP contribution in [0.25, 0.3) is 11.4 Å². The quantitative estimate of drug-likeness (QED) is 0.178. The van der Waals surface area contributed by atoms with Crippen molar-refractivity contribution < 1.29 is 46.1 Å². The average Bonchev–Trinajstić information content (AvgIpc) is 3.46. The number of rotatable bonds is 10. The fourth-order valence-corrected chi connectivity index (χ4v) is 2.76. The van der Waals surface area contributed by atoms with Crippen LogP contribution in [0, 0.1) is 10.1 Å². The van der Waals surface area contributed by atoms with Gasteiger partial charge in [0.15, 0.2) is 11.4 Å². The Morgan fingerprint density at radius 1 is 1.21 bits per heavy atom.